The molecule has 32 heavy (non-hydrogen) atoms. The molecule has 0 saturated heterocycles. The number of pyridine rings is 1. The molecule has 0 N–H and O–H groups in total. The molecule has 0 amide bonds. The van der Waals surface area contributed by atoms with Crippen molar-refractivity contribution in [3.63, 3.8) is 0 Å². The van der Waals surface area contributed by atoms with Gasteiger partial charge in [-0.2, -0.15) is 0 Å². The molecule has 5 nitrogen and oxygen atoms in total. The number of ether oxygens (including phenoxy) is 2. The molecule has 3 aromatic rings. The van der Waals surface area contributed by atoms with Crippen molar-refractivity contribution >= 4 is 34.6 Å². The van der Waals surface area contributed by atoms with Crippen molar-refractivity contribution in [2.75, 3.05) is 19.0 Å². The molecular formula is C23H20F3NO4S. The van der Waals surface area contributed by atoms with Crippen molar-refractivity contribution in [1.82, 2.24) is 4.98 Å². The Labute approximate surface area is 186 Å². The Bertz CT molecular complexity index is 1140. The predicted octanol–water partition coefficient (Wildman–Crippen LogP) is 5.46. The SMILES string of the molecule is CCOC(=O)c1c(SCCF)nc2cc(F)c(F)cc2c1OC(=O)C(C)c1ccccc1. The zero-order valence-corrected chi connectivity index (χ0v) is 18.2. The van der Waals surface area contributed by atoms with Crippen LogP contribution in [-0.4, -0.2) is 36.0 Å². The van der Waals surface area contributed by atoms with Crippen LogP contribution in [0.3, 0.4) is 0 Å². The van der Waals surface area contributed by atoms with Crippen LogP contribution < -0.4 is 4.74 Å². The van der Waals surface area contributed by atoms with Gasteiger partial charge in [-0.15, -0.1) is 11.8 Å². The predicted molar refractivity (Wildman–Crippen MR) is 115 cm³/mol. The van der Waals surface area contributed by atoms with E-state index in [0.29, 0.717) is 5.56 Å². The van der Waals surface area contributed by atoms with E-state index >= 15 is 0 Å². The van der Waals surface area contributed by atoms with Gasteiger partial charge in [0.25, 0.3) is 0 Å². The van der Waals surface area contributed by atoms with Crippen LogP contribution in [0.2, 0.25) is 0 Å². The monoisotopic (exact) mass is 463 g/mol. The van der Waals surface area contributed by atoms with Gasteiger partial charge in [0.1, 0.15) is 10.6 Å². The molecule has 0 aliphatic heterocycles. The summed E-state index contributed by atoms with van der Waals surface area (Å²) >= 11 is 0.878. The summed E-state index contributed by atoms with van der Waals surface area (Å²) in [7, 11) is 0. The van der Waals surface area contributed by atoms with Gasteiger partial charge in [-0.3, -0.25) is 9.18 Å². The van der Waals surface area contributed by atoms with Gasteiger partial charge in [0, 0.05) is 17.2 Å². The highest BCUT2D eigenvalue weighted by Crippen LogP contribution is 2.38. The fraction of sp³-hybridized carbons (Fsp3) is 0.261. The number of thioether (sulfide) groups is 1. The molecule has 1 unspecified atom stereocenters. The number of alkyl halides is 1. The molecule has 3 rings (SSSR count). The molecule has 168 valence electrons. The molecule has 9 heteroatoms. The van der Waals surface area contributed by atoms with Crippen LogP contribution in [0.15, 0.2) is 47.5 Å². The number of esters is 2. The Balaban J connectivity index is 2.19. The van der Waals surface area contributed by atoms with E-state index < -0.39 is 36.2 Å². The average molecular weight is 463 g/mol. The maximum atomic E-state index is 14.1. The summed E-state index contributed by atoms with van der Waals surface area (Å²) in [5.74, 6) is -5.04. The summed E-state index contributed by atoms with van der Waals surface area (Å²) in [4.78, 5) is 29.9. The van der Waals surface area contributed by atoms with E-state index in [1.807, 2.05) is 0 Å². The van der Waals surface area contributed by atoms with E-state index in [1.54, 1.807) is 44.2 Å². The topological polar surface area (TPSA) is 65.5 Å². The van der Waals surface area contributed by atoms with Crippen molar-refractivity contribution < 1.29 is 32.2 Å². The molecule has 0 radical (unpaired) electrons. The first-order chi connectivity index (χ1) is 15.4. The third-order valence-corrected chi connectivity index (χ3v) is 5.52. The van der Waals surface area contributed by atoms with E-state index in [-0.39, 0.29) is 39.6 Å². The number of benzene rings is 2. The minimum Gasteiger partial charge on any atom is -0.462 e. The van der Waals surface area contributed by atoms with Crippen molar-refractivity contribution in [3.8, 4) is 5.75 Å². The zero-order chi connectivity index (χ0) is 23.3. The number of rotatable bonds is 8. The van der Waals surface area contributed by atoms with Gasteiger partial charge < -0.3 is 9.47 Å². The number of hydrogen-bond donors (Lipinski definition) is 0. The van der Waals surface area contributed by atoms with Gasteiger partial charge in [-0.05, 0) is 25.5 Å². The molecular weight excluding hydrogens is 443 g/mol. The molecule has 0 aliphatic carbocycles. The fourth-order valence-corrected chi connectivity index (χ4v) is 3.76. The first-order valence-electron chi connectivity index (χ1n) is 9.82. The van der Waals surface area contributed by atoms with Crippen molar-refractivity contribution in [3.05, 3.63) is 65.2 Å². The van der Waals surface area contributed by atoms with Crippen LogP contribution in [0, 0.1) is 11.6 Å². The van der Waals surface area contributed by atoms with Gasteiger partial charge in [0.15, 0.2) is 17.4 Å². The second-order valence-corrected chi connectivity index (χ2v) is 7.80. The van der Waals surface area contributed by atoms with Gasteiger partial charge in [-0.25, -0.2) is 18.6 Å². The van der Waals surface area contributed by atoms with E-state index in [0.717, 1.165) is 23.9 Å². The second kappa shape index (κ2) is 10.5. The molecule has 0 aliphatic rings. The highest BCUT2D eigenvalue weighted by atomic mass is 32.2. The number of fused-ring (bicyclic) bond motifs is 1. The number of hydrogen-bond acceptors (Lipinski definition) is 6. The Hall–Kier alpha value is -3.07. The molecule has 0 saturated carbocycles. The van der Waals surface area contributed by atoms with Crippen molar-refractivity contribution in [1.29, 1.82) is 0 Å². The molecule has 0 bridgehead atoms. The summed E-state index contributed by atoms with van der Waals surface area (Å²) in [5.41, 5.74) is 0.378. The largest absolute Gasteiger partial charge is 0.462 e. The lowest BCUT2D eigenvalue weighted by Gasteiger charge is -2.18. The van der Waals surface area contributed by atoms with Crippen molar-refractivity contribution in [2.24, 2.45) is 0 Å². The molecule has 1 heterocycles. The second-order valence-electron chi connectivity index (χ2n) is 6.72. The van der Waals surface area contributed by atoms with E-state index in [2.05, 4.69) is 4.98 Å². The highest BCUT2D eigenvalue weighted by molar-refractivity contribution is 7.99. The Morgan fingerprint density at radius 3 is 2.47 bits per heavy atom. The van der Waals surface area contributed by atoms with E-state index in [9.17, 15) is 22.8 Å². The summed E-state index contributed by atoms with van der Waals surface area (Å²) in [6.45, 7) is 2.49. The van der Waals surface area contributed by atoms with Crippen LogP contribution in [0.4, 0.5) is 13.2 Å². The number of aromatic nitrogens is 1. The Kier molecular flexibility index (Phi) is 7.74. The summed E-state index contributed by atoms with van der Waals surface area (Å²) in [6, 6.07) is 10.4. The molecule has 2 aromatic carbocycles. The quantitative estimate of drug-likeness (QED) is 0.327. The van der Waals surface area contributed by atoms with Gasteiger partial charge in [0.2, 0.25) is 0 Å². The van der Waals surface area contributed by atoms with Gasteiger partial charge in [0.05, 0.1) is 24.7 Å². The minimum atomic E-state index is -1.20. The first kappa shape index (κ1) is 23.6. The van der Waals surface area contributed by atoms with Crippen LogP contribution in [-0.2, 0) is 9.53 Å². The third kappa shape index (κ3) is 5.04. The van der Waals surface area contributed by atoms with Crippen LogP contribution >= 0.6 is 11.8 Å². The lowest BCUT2D eigenvalue weighted by Crippen LogP contribution is -2.19. The number of carbonyl (C=O) groups is 2. The highest BCUT2D eigenvalue weighted by Gasteiger charge is 2.28. The summed E-state index contributed by atoms with van der Waals surface area (Å²) in [6.07, 6.45) is 0. The van der Waals surface area contributed by atoms with E-state index in [4.69, 9.17) is 9.47 Å². The minimum absolute atomic E-state index is 0.00484. The normalized spacial score (nSPS) is 11.9. The average Bonchev–Trinajstić information content (AvgIpc) is 2.79. The lowest BCUT2D eigenvalue weighted by molar-refractivity contribution is -0.135. The summed E-state index contributed by atoms with van der Waals surface area (Å²) < 4.78 is 51.4. The van der Waals surface area contributed by atoms with E-state index in [1.165, 1.54) is 0 Å². The van der Waals surface area contributed by atoms with Crippen LogP contribution in [0.5, 0.6) is 5.75 Å². The Morgan fingerprint density at radius 1 is 1.12 bits per heavy atom. The number of carbonyl (C=O) groups excluding carboxylic acids is 2. The molecule has 1 aromatic heterocycles. The fourth-order valence-electron chi connectivity index (χ4n) is 3.00. The Morgan fingerprint density at radius 2 is 1.81 bits per heavy atom. The lowest BCUT2D eigenvalue weighted by atomic mass is 10.0. The van der Waals surface area contributed by atoms with Crippen LogP contribution in [0.25, 0.3) is 10.9 Å². The molecule has 1 atom stereocenters. The number of halogens is 3. The van der Waals surface area contributed by atoms with Crippen LogP contribution in [0.1, 0.15) is 35.7 Å². The summed E-state index contributed by atoms with van der Waals surface area (Å²) in [5, 5.41) is -0.0834. The van der Waals surface area contributed by atoms with Gasteiger partial charge >= 0.3 is 11.9 Å². The number of nitrogens with zero attached hydrogens (tertiary/aromatic N) is 1. The smallest absolute Gasteiger partial charge is 0.344 e. The maximum Gasteiger partial charge on any atom is 0.344 e. The van der Waals surface area contributed by atoms with Gasteiger partial charge in [-0.1, -0.05) is 30.3 Å². The zero-order valence-electron chi connectivity index (χ0n) is 17.4. The maximum absolute atomic E-state index is 14.1. The van der Waals surface area contributed by atoms with Crippen molar-refractivity contribution in [2.45, 2.75) is 24.8 Å². The molecule has 0 spiro atoms. The first-order valence-corrected chi connectivity index (χ1v) is 10.8. The molecule has 0 fully saturated rings. The standard InChI is InChI=1S/C23H20F3NO4S/c1-3-30-23(29)19-20(31-22(28)13(2)14-7-5-4-6-8-14)15-11-16(25)17(26)12-18(15)27-21(19)32-10-9-24/h4-8,11-13H,3,9-10H2,1-2H3. The third-order valence-electron chi connectivity index (χ3n) is 4.60.